The third-order valence-corrected chi connectivity index (χ3v) is 4.07. The molecule has 0 atom stereocenters. The Morgan fingerprint density at radius 3 is 2.96 bits per heavy atom. The van der Waals surface area contributed by atoms with Gasteiger partial charge in [-0.05, 0) is 24.6 Å². The number of amides is 2. The molecule has 0 aliphatic carbocycles. The van der Waals surface area contributed by atoms with Gasteiger partial charge in [0, 0.05) is 32.4 Å². The Kier molecular flexibility index (Phi) is 4.50. The minimum absolute atomic E-state index is 0.129. The second-order valence-corrected chi connectivity index (χ2v) is 5.56. The van der Waals surface area contributed by atoms with Gasteiger partial charge in [-0.3, -0.25) is 9.59 Å². The number of methoxy groups -OCH3 is 1. The van der Waals surface area contributed by atoms with Crippen molar-refractivity contribution in [2.45, 2.75) is 20.0 Å². The van der Waals surface area contributed by atoms with E-state index in [2.05, 4.69) is 10.3 Å². The highest BCUT2D eigenvalue weighted by molar-refractivity contribution is 5.96. The van der Waals surface area contributed by atoms with Crippen LogP contribution in [0.4, 0.5) is 0 Å². The number of nitrogens with zero attached hydrogens (tertiary/aromatic N) is 3. The first kappa shape index (κ1) is 16.0. The summed E-state index contributed by atoms with van der Waals surface area (Å²) in [5, 5.41) is 2.82. The van der Waals surface area contributed by atoms with Gasteiger partial charge < -0.3 is 19.5 Å². The van der Waals surface area contributed by atoms with E-state index in [0.717, 1.165) is 11.3 Å². The van der Waals surface area contributed by atoms with E-state index in [1.807, 2.05) is 31.2 Å². The topological polar surface area (TPSA) is 76.5 Å². The lowest BCUT2D eigenvalue weighted by Crippen LogP contribution is -2.40. The summed E-state index contributed by atoms with van der Waals surface area (Å²) in [5.41, 5.74) is 1.19. The first-order chi connectivity index (χ1) is 11.6. The first-order valence-corrected chi connectivity index (χ1v) is 7.90. The number of fused-ring (bicyclic) bond motifs is 1. The Morgan fingerprint density at radius 2 is 2.21 bits per heavy atom. The van der Waals surface area contributed by atoms with Crippen LogP contribution in [0.5, 0.6) is 5.75 Å². The van der Waals surface area contributed by atoms with Crippen LogP contribution in [0.1, 0.15) is 33.6 Å². The standard InChI is InChI=1S/C17H20N4O3/c1-3-20-7-8-21-11-14(19-15(21)17(20)23)16(22)18-10-12-5-4-6-13(9-12)24-2/h4-6,9,11H,3,7-8,10H2,1-2H3,(H,18,22). The summed E-state index contributed by atoms with van der Waals surface area (Å²) in [7, 11) is 1.60. The van der Waals surface area contributed by atoms with E-state index in [-0.39, 0.29) is 17.5 Å². The Balaban J connectivity index is 1.69. The number of ether oxygens (including phenoxy) is 1. The normalized spacial score (nSPS) is 13.6. The molecule has 0 spiro atoms. The van der Waals surface area contributed by atoms with Crippen LogP contribution >= 0.6 is 0 Å². The van der Waals surface area contributed by atoms with Crippen LogP contribution in [0, 0.1) is 0 Å². The second kappa shape index (κ2) is 6.74. The summed E-state index contributed by atoms with van der Waals surface area (Å²) >= 11 is 0. The first-order valence-electron chi connectivity index (χ1n) is 7.90. The third-order valence-electron chi connectivity index (χ3n) is 4.07. The predicted molar refractivity (Wildman–Crippen MR) is 88.0 cm³/mol. The number of nitrogens with one attached hydrogen (secondary N) is 1. The van der Waals surface area contributed by atoms with Gasteiger partial charge in [0.1, 0.15) is 11.4 Å². The second-order valence-electron chi connectivity index (χ2n) is 5.56. The van der Waals surface area contributed by atoms with E-state index < -0.39 is 0 Å². The van der Waals surface area contributed by atoms with Crippen molar-refractivity contribution in [3.05, 3.63) is 47.5 Å². The number of imidazole rings is 1. The lowest BCUT2D eigenvalue weighted by molar-refractivity contribution is 0.0707. The van der Waals surface area contributed by atoms with Crippen molar-refractivity contribution in [1.29, 1.82) is 0 Å². The average molecular weight is 328 g/mol. The van der Waals surface area contributed by atoms with E-state index in [1.165, 1.54) is 0 Å². The SMILES string of the molecule is CCN1CCn2cc(C(=O)NCc3cccc(OC)c3)nc2C1=O. The number of hydrogen-bond donors (Lipinski definition) is 1. The van der Waals surface area contributed by atoms with Gasteiger partial charge in [-0.1, -0.05) is 12.1 Å². The highest BCUT2D eigenvalue weighted by Gasteiger charge is 2.27. The van der Waals surface area contributed by atoms with Crippen LogP contribution < -0.4 is 10.1 Å². The van der Waals surface area contributed by atoms with Crippen molar-refractivity contribution >= 4 is 11.8 Å². The van der Waals surface area contributed by atoms with E-state index in [9.17, 15) is 9.59 Å². The van der Waals surface area contributed by atoms with Crippen molar-refractivity contribution < 1.29 is 14.3 Å². The van der Waals surface area contributed by atoms with Gasteiger partial charge in [0.05, 0.1) is 7.11 Å². The Morgan fingerprint density at radius 1 is 1.38 bits per heavy atom. The molecule has 1 aromatic carbocycles. The molecule has 3 rings (SSSR count). The fraction of sp³-hybridized carbons (Fsp3) is 0.353. The van der Waals surface area contributed by atoms with Gasteiger partial charge in [0.2, 0.25) is 0 Å². The molecule has 0 fully saturated rings. The molecule has 0 bridgehead atoms. The van der Waals surface area contributed by atoms with Crippen LogP contribution in [-0.2, 0) is 13.1 Å². The molecule has 1 N–H and O–H groups in total. The van der Waals surface area contributed by atoms with Crippen LogP contribution in [0.3, 0.4) is 0 Å². The highest BCUT2D eigenvalue weighted by Crippen LogP contribution is 2.14. The molecule has 7 heteroatoms. The van der Waals surface area contributed by atoms with Gasteiger partial charge in [-0.15, -0.1) is 0 Å². The Labute approximate surface area is 140 Å². The number of rotatable bonds is 5. The van der Waals surface area contributed by atoms with Gasteiger partial charge in [-0.2, -0.15) is 0 Å². The van der Waals surface area contributed by atoms with E-state index in [0.29, 0.717) is 32.0 Å². The summed E-state index contributed by atoms with van der Waals surface area (Å²) in [5.74, 6) is 0.644. The zero-order valence-corrected chi connectivity index (χ0v) is 13.8. The van der Waals surface area contributed by atoms with Crippen molar-refractivity contribution in [2.24, 2.45) is 0 Å². The fourth-order valence-corrected chi connectivity index (χ4v) is 2.69. The van der Waals surface area contributed by atoms with E-state index in [1.54, 1.807) is 22.8 Å². The summed E-state index contributed by atoms with van der Waals surface area (Å²) in [6.45, 7) is 4.24. The number of carbonyl (C=O) groups excluding carboxylic acids is 2. The van der Waals surface area contributed by atoms with Crippen LogP contribution in [0.2, 0.25) is 0 Å². The molecule has 126 valence electrons. The minimum atomic E-state index is -0.296. The molecule has 2 heterocycles. The van der Waals surface area contributed by atoms with E-state index >= 15 is 0 Å². The third kappa shape index (κ3) is 3.10. The molecule has 0 unspecified atom stereocenters. The van der Waals surface area contributed by atoms with Crippen LogP contribution in [0.25, 0.3) is 0 Å². The lowest BCUT2D eigenvalue weighted by Gasteiger charge is -2.25. The van der Waals surface area contributed by atoms with Crippen molar-refractivity contribution in [3.8, 4) is 5.75 Å². The Hall–Kier alpha value is -2.83. The Bertz CT molecular complexity index is 769. The number of hydrogen-bond acceptors (Lipinski definition) is 4. The fourth-order valence-electron chi connectivity index (χ4n) is 2.69. The largest absolute Gasteiger partial charge is 0.497 e. The summed E-state index contributed by atoms with van der Waals surface area (Å²) in [4.78, 5) is 30.5. The highest BCUT2D eigenvalue weighted by atomic mass is 16.5. The zero-order chi connectivity index (χ0) is 17.1. The number of benzene rings is 1. The van der Waals surface area contributed by atoms with Gasteiger partial charge >= 0.3 is 0 Å². The quantitative estimate of drug-likeness (QED) is 0.897. The molecule has 2 aromatic rings. The maximum atomic E-state index is 12.3. The molecule has 7 nitrogen and oxygen atoms in total. The molecule has 1 aliphatic rings. The molecule has 0 radical (unpaired) electrons. The number of aromatic nitrogens is 2. The van der Waals surface area contributed by atoms with Crippen molar-refractivity contribution in [2.75, 3.05) is 20.2 Å². The molecular weight excluding hydrogens is 308 g/mol. The van der Waals surface area contributed by atoms with Crippen molar-refractivity contribution in [1.82, 2.24) is 19.8 Å². The molecule has 2 amide bonds. The average Bonchev–Trinajstić information content (AvgIpc) is 3.05. The smallest absolute Gasteiger partial charge is 0.289 e. The summed E-state index contributed by atoms with van der Waals surface area (Å²) in [6, 6.07) is 7.48. The lowest BCUT2D eigenvalue weighted by atomic mass is 10.2. The molecule has 0 saturated heterocycles. The number of likely N-dealkylation sites (N-methyl/N-ethyl adjacent to an activating group) is 1. The van der Waals surface area contributed by atoms with Crippen LogP contribution in [-0.4, -0.2) is 46.5 Å². The van der Waals surface area contributed by atoms with E-state index in [4.69, 9.17) is 4.74 Å². The van der Waals surface area contributed by atoms with Gasteiger partial charge in [0.25, 0.3) is 11.8 Å². The predicted octanol–water partition coefficient (Wildman–Crippen LogP) is 1.30. The number of carbonyl (C=O) groups is 2. The summed E-state index contributed by atoms with van der Waals surface area (Å²) < 4.78 is 6.91. The summed E-state index contributed by atoms with van der Waals surface area (Å²) in [6.07, 6.45) is 1.64. The van der Waals surface area contributed by atoms with Gasteiger partial charge in [-0.25, -0.2) is 4.98 Å². The van der Waals surface area contributed by atoms with Crippen LogP contribution in [0.15, 0.2) is 30.5 Å². The molecule has 1 aliphatic heterocycles. The monoisotopic (exact) mass is 328 g/mol. The zero-order valence-electron chi connectivity index (χ0n) is 13.8. The molecule has 0 saturated carbocycles. The molecule has 1 aromatic heterocycles. The molecule has 24 heavy (non-hydrogen) atoms. The van der Waals surface area contributed by atoms with Crippen molar-refractivity contribution in [3.63, 3.8) is 0 Å². The van der Waals surface area contributed by atoms with Gasteiger partial charge in [0.15, 0.2) is 5.82 Å². The minimum Gasteiger partial charge on any atom is -0.497 e. The maximum absolute atomic E-state index is 12.3. The maximum Gasteiger partial charge on any atom is 0.289 e. The molecular formula is C17H20N4O3.